The van der Waals surface area contributed by atoms with E-state index < -0.39 is 17.6 Å². The lowest BCUT2D eigenvalue weighted by molar-refractivity contribution is -0.140. The van der Waals surface area contributed by atoms with Crippen molar-refractivity contribution in [2.75, 3.05) is 0 Å². The van der Waals surface area contributed by atoms with Gasteiger partial charge in [-0.25, -0.2) is 4.39 Å². The smallest absolute Gasteiger partial charge is 0.206 e. The van der Waals surface area contributed by atoms with Crippen molar-refractivity contribution in [2.24, 2.45) is 0 Å². The van der Waals surface area contributed by atoms with Gasteiger partial charge in [0.25, 0.3) is 0 Å². The molecule has 1 aromatic carbocycles. The first kappa shape index (κ1) is 14.4. The summed E-state index contributed by atoms with van der Waals surface area (Å²) in [5, 5.41) is 8.26. The fourth-order valence-electron chi connectivity index (χ4n) is 0.991. The van der Waals surface area contributed by atoms with E-state index >= 15 is 0 Å². The van der Waals surface area contributed by atoms with Gasteiger partial charge in [0.05, 0.1) is 18.1 Å². The van der Waals surface area contributed by atoms with Crippen molar-refractivity contribution in [2.45, 2.75) is 26.4 Å². The van der Waals surface area contributed by atoms with Crippen molar-refractivity contribution in [3.8, 4) is 6.07 Å². The van der Waals surface area contributed by atoms with E-state index in [9.17, 15) is 17.6 Å². The Morgan fingerprint density at radius 2 is 1.81 bits per heavy atom. The number of hydrogen-bond acceptors (Lipinski definition) is 1. The van der Waals surface area contributed by atoms with Crippen LogP contribution in [0.25, 0.3) is 0 Å². The molecule has 1 nitrogen and oxygen atoms in total. The quantitative estimate of drug-likeness (QED) is 0.674. The molecule has 0 bridgehead atoms. The van der Waals surface area contributed by atoms with Crippen LogP contribution in [0.4, 0.5) is 17.6 Å². The van der Waals surface area contributed by atoms with Crippen LogP contribution in [0.2, 0.25) is 0 Å². The third-order valence-electron chi connectivity index (χ3n) is 1.62. The highest BCUT2D eigenvalue weighted by Crippen LogP contribution is 2.31. The number of nitriles is 1. The van der Waals surface area contributed by atoms with Crippen molar-refractivity contribution in [1.82, 2.24) is 0 Å². The number of halogens is 4. The van der Waals surface area contributed by atoms with E-state index in [0.717, 1.165) is 12.1 Å². The summed E-state index contributed by atoms with van der Waals surface area (Å²) in [6.07, 6.45) is -4.88. The SMILES string of the molecule is CC.N#CCc1ccc(F)c(C(F)(F)F)c1. The molecule has 0 saturated heterocycles. The molecule has 16 heavy (non-hydrogen) atoms. The lowest BCUT2D eigenvalue weighted by atomic mass is 10.1. The highest BCUT2D eigenvalue weighted by atomic mass is 19.4. The first-order valence-electron chi connectivity index (χ1n) is 4.67. The Kier molecular flexibility index (Phi) is 5.51. The molecule has 88 valence electrons. The molecule has 0 unspecified atom stereocenters. The Balaban J connectivity index is 0.00000106. The molecule has 0 atom stereocenters. The van der Waals surface area contributed by atoms with Crippen molar-refractivity contribution in [3.05, 3.63) is 35.1 Å². The van der Waals surface area contributed by atoms with Crippen molar-refractivity contribution in [3.63, 3.8) is 0 Å². The second-order valence-corrected chi connectivity index (χ2v) is 2.65. The van der Waals surface area contributed by atoms with Gasteiger partial charge in [-0.3, -0.25) is 0 Å². The molecule has 1 rings (SSSR count). The number of rotatable bonds is 1. The molecule has 0 aliphatic rings. The molecule has 0 saturated carbocycles. The van der Waals surface area contributed by atoms with E-state index in [2.05, 4.69) is 0 Å². The predicted molar refractivity (Wildman–Crippen MR) is 52.1 cm³/mol. The normalized spacial score (nSPS) is 10.1. The minimum atomic E-state index is -4.71. The van der Waals surface area contributed by atoms with Gasteiger partial charge in [-0.2, -0.15) is 18.4 Å². The summed E-state index contributed by atoms with van der Waals surface area (Å²) >= 11 is 0. The molecule has 1 aromatic rings. The van der Waals surface area contributed by atoms with Crippen LogP contribution in [0.3, 0.4) is 0 Å². The van der Waals surface area contributed by atoms with Gasteiger partial charge in [0.15, 0.2) is 0 Å². The maximum absolute atomic E-state index is 12.7. The van der Waals surface area contributed by atoms with E-state index in [4.69, 9.17) is 5.26 Å². The van der Waals surface area contributed by atoms with Gasteiger partial charge in [-0.1, -0.05) is 19.9 Å². The average molecular weight is 233 g/mol. The molecular formula is C11H11F4N. The summed E-state index contributed by atoms with van der Waals surface area (Å²) in [5.41, 5.74) is -1.17. The third kappa shape index (κ3) is 3.89. The summed E-state index contributed by atoms with van der Waals surface area (Å²) in [6.45, 7) is 4.00. The Morgan fingerprint density at radius 1 is 1.25 bits per heavy atom. The van der Waals surface area contributed by atoms with Gasteiger partial charge in [0.1, 0.15) is 5.82 Å². The molecule has 0 amide bonds. The first-order valence-corrected chi connectivity index (χ1v) is 4.67. The van der Waals surface area contributed by atoms with E-state index in [1.54, 1.807) is 6.07 Å². The van der Waals surface area contributed by atoms with Crippen LogP contribution in [-0.4, -0.2) is 0 Å². The molecule has 0 fully saturated rings. The van der Waals surface area contributed by atoms with Crippen LogP contribution < -0.4 is 0 Å². The second kappa shape index (κ2) is 6.11. The fourth-order valence-corrected chi connectivity index (χ4v) is 0.991. The number of hydrogen-bond donors (Lipinski definition) is 0. The van der Waals surface area contributed by atoms with E-state index in [1.165, 1.54) is 0 Å². The Hall–Kier alpha value is -1.57. The van der Waals surface area contributed by atoms with Crippen LogP contribution in [0.5, 0.6) is 0 Å². The highest BCUT2D eigenvalue weighted by Gasteiger charge is 2.34. The van der Waals surface area contributed by atoms with Crippen LogP contribution in [0.15, 0.2) is 18.2 Å². The number of benzene rings is 1. The summed E-state index contributed by atoms with van der Waals surface area (Å²) in [4.78, 5) is 0. The largest absolute Gasteiger partial charge is 0.419 e. The minimum absolute atomic E-state index is 0.154. The molecule has 0 radical (unpaired) electrons. The van der Waals surface area contributed by atoms with Gasteiger partial charge in [0.2, 0.25) is 0 Å². The Bertz CT molecular complexity index is 377. The summed E-state index contributed by atoms with van der Waals surface area (Å²) < 4.78 is 49.1. The molecule has 0 aliphatic heterocycles. The van der Waals surface area contributed by atoms with E-state index in [1.807, 2.05) is 13.8 Å². The first-order chi connectivity index (χ1) is 7.45. The van der Waals surface area contributed by atoms with Crippen molar-refractivity contribution >= 4 is 0 Å². The lowest BCUT2D eigenvalue weighted by Crippen LogP contribution is -2.08. The van der Waals surface area contributed by atoms with E-state index in [-0.39, 0.29) is 12.0 Å². The van der Waals surface area contributed by atoms with Crippen molar-refractivity contribution < 1.29 is 17.6 Å². The highest BCUT2D eigenvalue weighted by molar-refractivity contribution is 5.28. The molecular weight excluding hydrogens is 222 g/mol. The van der Waals surface area contributed by atoms with E-state index in [0.29, 0.717) is 6.07 Å². The van der Waals surface area contributed by atoms with Gasteiger partial charge in [0, 0.05) is 0 Å². The fraction of sp³-hybridized carbons (Fsp3) is 0.364. The minimum Gasteiger partial charge on any atom is -0.206 e. The molecule has 0 spiro atoms. The zero-order valence-corrected chi connectivity index (χ0v) is 8.90. The molecule has 0 aliphatic carbocycles. The van der Waals surface area contributed by atoms with Gasteiger partial charge in [-0.15, -0.1) is 0 Å². The average Bonchev–Trinajstić information content (AvgIpc) is 2.23. The van der Waals surface area contributed by atoms with Crippen LogP contribution in [0.1, 0.15) is 25.0 Å². The topological polar surface area (TPSA) is 23.8 Å². The maximum Gasteiger partial charge on any atom is 0.419 e. The molecule has 0 N–H and O–H groups in total. The summed E-state index contributed by atoms with van der Waals surface area (Å²) in [7, 11) is 0. The summed E-state index contributed by atoms with van der Waals surface area (Å²) in [6, 6.07) is 4.22. The summed E-state index contributed by atoms with van der Waals surface area (Å²) in [5.74, 6) is -1.32. The van der Waals surface area contributed by atoms with Crippen LogP contribution in [0, 0.1) is 17.1 Å². The van der Waals surface area contributed by atoms with Crippen LogP contribution >= 0.6 is 0 Å². The lowest BCUT2D eigenvalue weighted by Gasteiger charge is -2.08. The molecule has 5 heteroatoms. The number of alkyl halides is 3. The Labute approximate surface area is 91.3 Å². The zero-order chi connectivity index (χ0) is 12.8. The van der Waals surface area contributed by atoms with Crippen LogP contribution in [-0.2, 0) is 12.6 Å². The zero-order valence-electron chi connectivity index (χ0n) is 8.90. The van der Waals surface area contributed by atoms with Gasteiger partial charge < -0.3 is 0 Å². The van der Waals surface area contributed by atoms with Gasteiger partial charge >= 0.3 is 6.18 Å². The van der Waals surface area contributed by atoms with Crippen molar-refractivity contribution in [1.29, 1.82) is 5.26 Å². The monoisotopic (exact) mass is 233 g/mol. The standard InChI is InChI=1S/C9H5F4N.C2H6/c10-8-2-1-6(3-4-14)5-7(8)9(11,12)13;1-2/h1-2,5H,3H2;1-2H3. The maximum atomic E-state index is 12.7. The Morgan fingerprint density at radius 3 is 2.25 bits per heavy atom. The third-order valence-corrected chi connectivity index (χ3v) is 1.62. The predicted octanol–water partition coefficient (Wildman–Crippen LogP) is 3.94. The van der Waals surface area contributed by atoms with Gasteiger partial charge in [-0.05, 0) is 17.7 Å². The number of nitrogens with zero attached hydrogens (tertiary/aromatic N) is 1. The molecule has 0 aromatic heterocycles. The molecule has 0 heterocycles. The second-order valence-electron chi connectivity index (χ2n) is 2.65.